The van der Waals surface area contributed by atoms with Crippen molar-refractivity contribution in [2.75, 3.05) is 13.1 Å². The number of nitrogens with one attached hydrogen (secondary N) is 2. The Labute approximate surface area is 242 Å². The normalized spacial score (nSPS) is 16.1. The van der Waals surface area contributed by atoms with Crippen LogP contribution in [0.4, 0.5) is 4.79 Å². The number of nitrogens with two attached hydrogens (primary N) is 1. The molecule has 0 aliphatic carbocycles. The number of hydrogen-bond donors (Lipinski definition) is 3. The van der Waals surface area contributed by atoms with Gasteiger partial charge in [-0.05, 0) is 68.0 Å². The Morgan fingerprint density at radius 1 is 1.18 bits per heavy atom. The van der Waals surface area contributed by atoms with Gasteiger partial charge in [0.15, 0.2) is 0 Å². The molecule has 2 heterocycles. The molecule has 0 saturated carbocycles. The topological polar surface area (TPSA) is 130 Å². The van der Waals surface area contributed by atoms with Gasteiger partial charge in [0.05, 0.1) is 28.6 Å². The first kappa shape index (κ1) is 30.7. The molecular weight excluding hydrogens is 565 g/mol. The van der Waals surface area contributed by atoms with E-state index in [0.29, 0.717) is 45.4 Å². The average molecular weight is 596 g/mol. The molecule has 2 aromatic carbocycles. The number of rotatable bonds is 7. The quantitative estimate of drug-likeness (QED) is 0.382. The minimum absolute atomic E-state index is 0. The first-order valence-corrected chi connectivity index (χ1v) is 13.4. The van der Waals surface area contributed by atoms with Crippen LogP contribution >= 0.6 is 23.2 Å². The molecule has 0 bridgehead atoms. The van der Waals surface area contributed by atoms with Crippen molar-refractivity contribution in [2.24, 2.45) is 11.7 Å². The highest BCUT2D eigenvalue weighted by Gasteiger charge is 2.30. The van der Waals surface area contributed by atoms with Gasteiger partial charge in [0.1, 0.15) is 11.6 Å². The molecule has 9 nitrogen and oxygen atoms in total. The zero-order valence-electron chi connectivity index (χ0n) is 21.7. The summed E-state index contributed by atoms with van der Waals surface area (Å²) in [5.41, 5.74) is 6.42. The maximum absolute atomic E-state index is 13.3. The summed E-state index contributed by atoms with van der Waals surface area (Å²) in [6, 6.07) is 8.74. The molecule has 1 fully saturated rings. The Morgan fingerprint density at radius 3 is 2.64 bits per heavy atom. The number of fused-ring (bicyclic) bond motifs is 1. The lowest BCUT2D eigenvalue weighted by molar-refractivity contribution is -0.123. The zero-order chi connectivity index (χ0) is 27.4. The van der Waals surface area contributed by atoms with Gasteiger partial charge in [-0.15, -0.1) is 0 Å². The van der Waals surface area contributed by atoms with Gasteiger partial charge in [-0.25, -0.2) is 9.78 Å². The average Bonchev–Trinajstić information content (AvgIpc) is 2.88. The number of likely N-dealkylation sites (tertiary alicyclic amines) is 1. The number of benzene rings is 2. The van der Waals surface area contributed by atoms with Crippen molar-refractivity contribution in [1.82, 2.24) is 20.2 Å². The first-order chi connectivity index (χ1) is 18.1. The van der Waals surface area contributed by atoms with E-state index in [2.05, 4.69) is 15.3 Å². The number of amides is 2. The number of ether oxygens (including phenoxy) is 1. The van der Waals surface area contributed by atoms with E-state index in [1.165, 1.54) is 6.07 Å². The largest absolute Gasteiger partial charge is 1.00 e. The molecule has 2 atom stereocenters. The molecular formula is C27H31Cl3N5O4-. The smallest absolute Gasteiger partial charge is 0.415 e. The summed E-state index contributed by atoms with van der Waals surface area (Å²) < 4.78 is 5.81. The van der Waals surface area contributed by atoms with Crippen LogP contribution < -0.4 is 33.8 Å². The van der Waals surface area contributed by atoms with Crippen LogP contribution in [0.3, 0.4) is 0 Å². The molecule has 1 aliphatic rings. The highest BCUT2D eigenvalue weighted by Crippen LogP contribution is 2.32. The number of nitrogens with zero attached hydrogens (tertiary/aromatic N) is 2. The van der Waals surface area contributed by atoms with Crippen LogP contribution in [0.5, 0.6) is 5.75 Å². The Bertz CT molecular complexity index is 1400. The molecule has 12 heteroatoms. The zero-order valence-corrected chi connectivity index (χ0v) is 23.9. The summed E-state index contributed by atoms with van der Waals surface area (Å²) in [6.07, 6.45) is 2.50. The molecule has 0 spiro atoms. The summed E-state index contributed by atoms with van der Waals surface area (Å²) in [5, 5.41) is 4.03. The highest BCUT2D eigenvalue weighted by molar-refractivity contribution is 6.31. The minimum atomic E-state index is -0.594. The molecule has 1 aliphatic heterocycles. The predicted octanol–water partition coefficient (Wildman–Crippen LogP) is 1.74. The second-order valence-corrected chi connectivity index (χ2v) is 10.8. The van der Waals surface area contributed by atoms with Crippen LogP contribution in [0.25, 0.3) is 22.3 Å². The van der Waals surface area contributed by atoms with Gasteiger partial charge in [0.25, 0.3) is 5.56 Å². The third-order valence-electron chi connectivity index (χ3n) is 6.50. The molecule has 0 radical (unpaired) electrons. The van der Waals surface area contributed by atoms with Crippen LogP contribution in [0.15, 0.2) is 41.2 Å². The van der Waals surface area contributed by atoms with Crippen LogP contribution in [-0.4, -0.2) is 52.0 Å². The summed E-state index contributed by atoms with van der Waals surface area (Å²) in [4.78, 5) is 47.4. The number of aromatic amines is 1. The van der Waals surface area contributed by atoms with Crippen molar-refractivity contribution < 1.29 is 26.7 Å². The number of H-pyrrole nitrogens is 1. The Kier molecular flexibility index (Phi) is 10.6. The second kappa shape index (κ2) is 13.5. The van der Waals surface area contributed by atoms with Gasteiger partial charge in [0, 0.05) is 23.1 Å². The summed E-state index contributed by atoms with van der Waals surface area (Å²) in [7, 11) is 0. The number of hydrogen-bond acceptors (Lipinski definition) is 6. The monoisotopic (exact) mass is 594 g/mol. The standard InChI is InChI=1S/C27H31Cl2N5O4.ClH/c1-15(2)11-21(30)26(36)31-14-18-5-3-4-10-34(18)27(37)38-23-9-7-17(29)13-20(23)24-32-22-8-6-16(28)12-19(22)25(35)33-24;/h6-9,12-13,15,18,21H,3-5,10-11,14,30H2,1-2H3,(H,31,36)(H,32,33,35);1H/p-1/t18?,21-;/m0./s1. The number of aromatic nitrogens is 2. The Morgan fingerprint density at radius 2 is 1.90 bits per heavy atom. The van der Waals surface area contributed by atoms with Crippen molar-refractivity contribution >= 4 is 46.1 Å². The van der Waals surface area contributed by atoms with Crippen molar-refractivity contribution in [3.05, 3.63) is 56.8 Å². The fraction of sp³-hybridized carbons (Fsp3) is 0.407. The number of carbonyl (C=O) groups is 2. The minimum Gasteiger partial charge on any atom is -1.00 e. The molecule has 1 aromatic heterocycles. The summed E-state index contributed by atoms with van der Waals surface area (Å²) in [5.74, 6) is 0.473. The second-order valence-electron chi connectivity index (χ2n) is 9.91. The van der Waals surface area contributed by atoms with Crippen molar-refractivity contribution in [1.29, 1.82) is 0 Å². The third-order valence-corrected chi connectivity index (χ3v) is 6.97. The fourth-order valence-electron chi connectivity index (χ4n) is 4.58. The van der Waals surface area contributed by atoms with E-state index in [1.54, 1.807) is 35.2 Å². The van der Waals surface area contributed by atoms with Crippen molar-refractivity contribution in [2.45, 2.75) is 51.6 Å². The third kappa shape index (κ3) is 7.63. The van der Waals surface area contributed by atoms with E-state index in [4.69, 9.17) is 33.7 Å². The predicted molar refractivity (Wildman–Crippen MR) is 149 cm³/mol. The summed E-state index contributed by atoms with van der Waals surface area (Å²) >= 11 is 12.3. The number of carbonyl (C=O) groups excluding carboxylic acids is 2. The molecule has 39 heavy (non-hydrogen) atoms. The molecule has 4 rings (SSSR count). The highest BCUT2D eigenvalue weighted by atomic mass is 35.5. The van der Waals surface area contributed by atoms with E-state index >= 15 is 0 Å². The van der Waals surface area contributed by atoms with E-state index in [1.807, 2.05) is 13.8 Å². The van der Waals surface area contributed by atoms with Crippen LogP contribution in [0, 0.1) is 5.92 Å². The Hall–Kier alpha value is -2.85. The van der Waals surface area contributed by atoms with Gasteiger partial charge >= 0.3 is 6.09 Å². The van der Waals surface area contributed by atoms with E-state index in [9.17, 15) is 14.4 Å². The fourth-order valence-corrected chi connectivity index (χ4v) is 4.93. The first-order valence-electron chi connectivity index (χ1n) is 12.6. The lowest BCUT2D eigenvalue weighted by Gasteiger charge is -2.35. The molecule has 2 amide bonds. The SMILES string of the molecule is CC(C)C[C@H](N)C(=O)NCC1CCCCN1C(=O)Oc1ccc(Cl)cc1-c1nc2ccc(Cl)cc2c(=O)[nH]1.[Cl-]. The van der Waals surface area contributed by atoms with Gasteiger partial charge in [-0.1, -0.05) is 37.0 Å². The van der Waals surface area contributed by atoms with Crippen molar-refractivity contribution in [3.63, 3.8) is 0 Å². The van der Waals surface area contributed by atoms with Gasteiger partial charge in [-0.3, -0.25) is 9.59 Å². The van der Waals surface area contributed by atoms with E-state index < -0.39 is 12.1 Å². The lowest BCUT2D eigenvalue weighted by atomic mass is 10.0. The number of halogens is 3. The maximum Gasteiger partial charge on any atom is 0.415 e. The van der Waals surface area contributed by atoms with Crippen LogP contribution in [0.2, 0.25) is 10.0 Å². The molecule has 1 saturated heterocycles. The van der Waals surface area contributed by atoms with Gasteiger partial charge in [-0.2, -0.15) is 0 Å². The van der Waals surface area contributed by atoms with Crippen LogP contribution in [0.1, 0.15) is 39.5 Å². The van der Waals surface area contributed by atoms with Crippen LogP contribution in [-0.2, 0) is 4.79 Å². The van der Waals surface area contributed by atoms with Gasteiger partial charge in [0.2, 0.25) is 5.91 Å². The van der Waals surface area contributed by atoms with Gasteiger partial charge < -0.3 is 38.1 Å². The maximum atomic E-state index is 13.3. The number of piperidine rings is 1. The Balaban J connectivity index is 0.00000420. The summed E-state index contributed by atoms with van der Waals surface area (Å²) in [6.45, 7) is 4.80. The van der Waals surface area contributed by atoms with E-state index in [0.717, 1.165) is 19.3 Å². The van der Waals surface area contributed by atoms with E-state index in [-0.39, 0.29) is 48.0 Å². The molecule has 1 unspecified atom stereocenters. The molecule has 3 aromatic rings. The lowest BCUT2D eigenvalue weighted by Crippen LogP contribution is -3.00. The molecule has 4 N–H and O–H groups in total. The molecule has 210 valence electrons. The van der Waals surface area contributed by atoms with Crippen molar-refractivity contribution in [3.8, 4) is 17.1 Å².